The van der Waals surface area contributed by atoms with E-state index in [0.717, 1.165) is 18.8 Å². The third-order valence-corrected chi connectivity index (χ3v) is 2.61. The molecule has 0 saturated carbocycles. The van der Waals surface area contributed by atoms with Crippen molar-refractivity contribution in [1.29, 1.82) is 0 Å². The number of anilines is 2. The maximum atomic E-state index is 11.5. The van der Waals surface area contributed by atoms with Crippen LogP contribution in [-0.2, 0) is 16.1 Å². The van der Waals surface area contributed by atoms with Crippen LogP contribution in [0.1, 0.15) is 26.1 Å². The maximum Gasteiger partial charge on any atom is 0.241 e. The Morgan fingerprint density at radius 1 is 1.40 bits per heavy atom. The van der Waals surface area contributed by atoms with Crippen LogP contribution in [0.3, 0.4) is 0 Å². The van der Waals surface area contributed by atoms with Crippen LogP contribution in [0, 0.1) is 0 Å². The highest BCUT2D eigenvalue weighted by Crippen LogP contribution is 2.13. The summed E-state index contributed by atoms with van der Waals surface area (Å²) in [6.45, 7) is 5.01. The summed E-state index contributed by atoms with van der Waals surface area (Å²) in [4.78, 5) is 20.2. The fourth-order valence-electron chi connectivity index (χ4n) is 1.61. The van der Waals surface area contributed by atoms with Crippen molar-refractivity contribution in [1.82, 2.24) is 15.3 Å². The predicted molar refractivity (Wildman–Crippen MR) is 78.7 cm³/mol. The van der Waals surface area contributed by atoms with Gasteiger partial charge in [-0.3, -0.25) is 4.79 Å². The summed E-state index contributed by atoms with van der Waals surface area (Å²) in [6.07, 6.45) is 1.00. The minimum Gasteiger partial charge on any atom is -0.377 e. The molecule has 1 atom stereocenters. The fourth-order valence-corrected chi connectivity index (χ4v) is 1.61. The zero-order chi connectivity index (χ0) is 15.0. The lowest BCUT2D eigenvalue weighted by Crippen LogP contribution is -2.35. The van der Waals surface area contributed by atoms with Gasteiger partial charge in [-0.05, 0) is 13.3 Å². The Balaban J connectivity index is 2.87. The number of amides is 1. The van der Waals surface area contributed by atoms with E-state index in [4.69, 9.17) is 4.74 Å². The molecule has 1 rings (SSSR count). The molecular weight excluding hydrogens is 258 g/mol. The van der Waals surface area contributed by atoms with Gasteiger partial charge in [-0.2, -0.15) is 0 Å². The van der Waals surface area contributed by atoms with Gasteiger partial charge in [-0.25, -0.2) is 9.97 Å². The number of methoxy groups -OCH3 is 1. The Labute approximate surface area is 119 Å². The standard InChI is InChI=1S/C13H23N5O2/c1-5-6-15-10-7-11(16-9(2)13(19)14-3)18-12(17-10)8-20-4/h7,9H,5-6,8H2,1-4H3,(H,14,19)(H2,15,16,17,18). The van der Waals surface area contributed by atoms with Crippen LogP contribution in [0.25, 0.3) is 0 Å². The van der Waals surface area contributed by atoms with Gasteiger partial charge >= 0.3 is 0 Å². The number of hydrogen-bond acceptors (Lipinski definition) is 6. The number of carbonyl (C=O) groups excluding carboxylic acids is 1. The molecule has 3 N–H and O–H groups in total. The molecule has 0 saturated heterocycles. The number of ether oxygens (including phenoxy) is 1. The van der Waals surface area contributed by atoms with E-state index in [1.54, 1.807) is 27.1 Å². The Bertz CT molecular complexity index is 439. The maximum absolute atomic E-state index is 11.5. The third kappa shape index (κ3) is 5.00. The molecule has 0 aliphatic carbocycles. The smallest absolute Gasteiger partial charge is 0.241 e. The third-order valence-electron chi connectivity index (χ3n) is 2.61. The molecule has 1 heterocycles. The number of rotatable bonds is 8. The van der Waals surface area contributed by atoms with Crippen molar-refractivity contribution in [2.24, 2.45) is 0 Å². The lowest BCUT2D eigenvalue weighted by molar-refractivity contribution is -0.121. The molecule has 1 amide bonds. The number of nitrogens with one attached hydrogen (secondary N) is 3. The molecule has 1 aromatic rings. The Hall–Kier alpha value is -1.89. The van der Waals surface area contributed by atoms with Gasteiger partial charge in [0, 0.05) is 26.8 Å². The van der Waals surface area contributed by atoms with Crippen LogP contribution < -0.4 is 16.0 Å². The van der Waals surface area contributed by atoms with E-state index in [9.17, 15) is 4.79 Å². The molecule has 0 spiro atoms. The van der Waals surface area contributed by atoms with E-state index < -0.39 is 0 Å². The first kappa shape index (κ1) is 16.2. The lowest BCUT2D eigenvalue weighted by atomic mass is 10.3. The van der Waals surface area contributed by atoms with E-state index in [2.05, 4.69) is 32.8 Å². The molecular formula is C13H23N5O2. The molecule has 20 heavy (non-hydrogen) atoms. The van der Waals surface area contributed by atoms with Gasteiger partial charge in [-0.15, -0.1) is 0 Å². The fraction of sp³-hybridized carbons (Fsp3) is 0.615. The van der Waals surface area contributed by atoms with Crippen LogP contribution in [0.5, 0.6) is 0 Å². The highest BCUT2D eigenvalue weighted by molar-refractivity contribution is 5.83. The first-order valence-corrected chi connectivity index (χ1v) is 6.69. The summed E-state index contributed by atoms with van der Waals surface area (Å²) in [5.74, 6) is 1.79. The second-order valence-electron chi connectivity index (χ2n) is 4.39. The van der Waals surface area contributed by atoms with E-state index in [1.165, 1.54) is 0 Å². The average molecular weight is 281 g/mol. The largest absolute Gasteiger partial charge is 0.377 e. The van der Waals surface area contributed by atoms with Gasteiger partial charge in [0.2, 0.25) is 5.91 Å². The second kappa shape index (κ2) is 8.31. The quantitative estimate of drug-likeness (QED) is 0.658. The number of likely N-dealkylation sites (N-methyl/N-ethyl adjacent to an activating group) is 1. The summed E-state index contributed by atoms with van der Waals surface area (Å²) in [5, 5.41) is 8.84. The Kier molecular flexibility index (Phi) is 6.72. The molecule has 7 nitrogen and oxygen atoms in total. The molecule has 112 valence electrons. The second-order valence-corrected chi connectivity index (χ2v) is 4.39. The van der Waals surface area contributed by atoms with E-state index >= 15 is 0 Å². The normalized spacial score (nSPS) is 11.8. The van der Waals surface area contributed by atoms with Crippen molar-refractivity contribution in [3.63, 3.8) is 0 Å². The Morgan fingerprint density at radius 3 is 2.70 bits per heavy atom. The molecule has 0 radical (unpaired) electrons. The summed E-state index contributed by atoms with van der Waals surface area (Å²) in [6, 6.07) is 1.41. The molecule has 1 aromatic heterocycles. The average Bonchev–Trinajstić information content (AvgIpc) is 2.44. The molecule has 7 heteroatoms. The van der Waals surface area contributed by atoms with Crippen LogP contribution in [0.4, 0.5) is 11.6 Å². The lowest BCUT2D eigenvalue weighted by Gasteiger charge is -2.15. The van der Waals surface area contributed by atoms with Crippen molar-refractivity contribution < 1.29 is 9.53 Å². The van der Waals surface area contributed by atoms with Crippen molar-refractivity contribution in [3.8, 4) is 0 Å². The van der Waals surface area contributed by atoms with Gasteiger partial charge in [0.15, 0.2) is 5.82 Å². The molecule has 0 aliphatic heterocycles. The predicted octanol–water partition coefficient (Wildman–Crippen LogP) is 0.991. The molecule has 0 aliphatic rings. The Morgan fingerprint density at radius 2 is 2.10 bits per heavy atom. The minimum atomic E-state index is -0.371. The number of carbonyl (C=O) groups is 1. The van der Waals surface area contributed by atoms with Crippen molar-refractivity contribution in [2.45, 2.75) is 32.9 Å². The highest BCUT2D eigenvalue weighted by atomic mass is 16.5. The number of aromatic nitrogens is 2. The van der Waals surface area contributed by atoms with Gasteiger partial charge in [0.05, 0.1) is 0 Å². The zero-order valence-corrected chi connectivity index (χ0v) is 12.5. The topological polar surface area (TPSA) is 88.2 Å². The van der Waals surface area contributed by atoms with E-state index in [0.29, 0.717) is 18.2 Å². The van der Waals surface area contributed by atoms with Gasteiger partial charge in [0.1, 0.15) is 24.3 Å². The first-order valence-electron chi connectivity index (χ1n) is 6.69. The summed E-state index contributed by atoms with van der Waals surface area (Å²) in [7, 11) is 3.20. The molecule has 1 unspecified atom stereocenters. The van der Waals surface area contributed by atoms with E-state index in [1.807, 2.05) is 0 Å². The van der Waals surface area contributed by atoms with Crippen LogP contribution in [0.15, 0.2) is 6.07 Å². The van der Waals surface area contributed by atoms with Crippen molar-refractivity contribution >= 4 is 17.5 Å². The summed E-state index contributed by atoms with van der Waals surface area (Å²) < 4.78 is 5.06. The van der Waals surface area contributed by atoms with Crippen molar-refractivity contribution in [2.75, 3.05) is 31.3 Å². The zero-order valence-electron chi connectivity index (χ0n) is 12.5. The molecule has 0 aromatic carbocycles. The first-order chi connectivity index (χ1) is 9.60. The highest BCUT2D eigenvalue weighted by Gasteiger charge is 2.12. The van der Waals surface area contributed by atoms with Gasteiger partial charge in [0.25, 0.3) is 0 Å². The SMILES string of the molecule is CCCNc1cc(NC(C)C(=O)NC)nc(COC)n1. The summed E-state index contributed by atoms with van der Waals surface area (Å²) >= 11 is 0. The van der Waals surface area contributed by atoms with Crippen LogP contribution >= 0.6 is 0 Å². The van der Waals surface area contributed by atoms with E-state index in [-0.39, 0.29) is 11.9 Å². The molecule has 0 fully saturated rings. The van der Waals surface area contributed by atoms with Gasteiger partial charge in [-0.1, -0.05) is 6.92 Å². The number of nitrogens with zero attached hydrogens (tertiary/aromatic N) is 2. The molecule has 0 bridgehead atoms. The number of hydrogen-bond donors (Lipinski definition) is 3. The van der Waals surface area contributed by atoms with Gasteiger partial charge < -0.3 is 20.7 Å². The van der Waals surface area contributed by atoms with Crippen LogP contribution in [-0.4, -0.2) is 42.6 Å². The van der Waals surface area contributed by atoms with Crippen LogP contribution in [0.2, 0.25) is 0 Å². The monoisotopic (exact) mass is 281 g/mol. The van der Waals surface area contributed by atoms with Crippen molar-refractivity contribution in [3.05, 3.63) is 11.9 Å². The summed E-state index contributed by atoms with van der Waals surface area (Å²) in [5.41, 5.74) is 0. The minimum absolute atomic E-state index is 0.0972.